The molecule has 0 radical (unpaired) electrons. The minimum Gasteiger partial charge on any atom is -0.342 e. The quantitative estimate of drug-likeness (QED) is 0.657. The van der Waals surface area contributed by atoms with Gasteiger partial charge in [0.05, 0.1) is 21.6 Å². The van der Waals surface area contributed by atoms with Gasteiger partial charge in [0.2, 0.25) is 5.91 Å². The van der Waals surface area contributed by atoms with Crippen molar-refractivity contribution in [2.45, 2.75) is 25.2 Å². The van der Waals surface area contributed by atoms with Crippen molar-refractivity contribution in [1.82, 2.24) is 9.88 Å². The number of carbonyl (C=O) groups excluding carboxylic acids is 1. The average molecular weight is 371 g/mol. The molecule has 2 heterocycles. The van der Waals surface area contributed by atoms with E-state index < -0.39 is 0 Å². The fourth-order valence-corrected chi connectivity index (χ4v) is 4.59. The van der Waals surface area contributed by atoms with E-state index in [2.05, 4.69) is 18.2 Å². The van der Waals surface area contributed by atoms with Gasteiger partial charge in [0, 0.05) is 24.0 Å². The lowest BCUT2D eigenvalue weighted by Crippen LogP contribution is -2.38. The normalized spacial score (nSPS) is 15.6. The Morgan fingerprint density at radius 3 is 2.56 bits per heavy atom. The molecular formula is C20H19ClN2OS. The lowest BCUT2D eigenvalue weighted by molar-refractivity contribution is -0.131. The summed E-state index contributed by atoms with van der Waals surface area (Å²) in [5.41, 5.74) is 2.10. The number of hydrogen-bond donors (Lipinski definition) is 0. The van der Waals surface area contributed by atoms with Crippen LogP contribution < -0.4 is 0 Å². The van der Waals surface area contributed by atoms with Crippen molar-refractivity contribution in [3.8, 4) is 0 Å². The molecule has 0 N–H and O–H groups in total. The summed E-state index contributed by atoms with van der Waals surface area (Å²) in [6.45, 7) is 1.63. The molecule has 0 spiro atoms. The third kappa shape index (κ3) is 3.70. The summed E-state index contributed by atoms with van der Waals surface area (Å²) in [6, 6.07) is 15.8. The molecule has 0 aliphatic carbocycles. The van der Waals surface area contributed by atoms with Crippen molar-refractivity contribution < 1.29 is 4.79 Å². The SMILES string of the molecule is O=C(Cc1ccc(Cl)cc1)N1CCC(c2nc3ccccc3s2)CC1. The van der Waals surface area contributed by atoms with Gasteiger partial charge in [-0.1, -0.05) is 35.9 Å². The number of thiazole rings is 1. The van der Waals surface area contributed by atoms with Crippen molar-refractivity contribution >= 4 is 39.1 Å². The van der Waals surface area contributed by atoms with Gasteiger partial charge in [0.25, 0.3) is 0 Å². The Hall–Kier alpha value is -1.91. The smallest absolute Gasteiger partial charge is 0.226 e. The number of carbonyl (C=O) groups is 1. The number of benzene rings is 2. The molecule has 0 bridgehead atoms. The van der Waals surface area contributed by atoms with Crippen LogP contribution in [-0.4, -0.2) is 28.9 Å². The molecule has 0 atom stereocenters. The summed E-state index contributed by atoms with van der Waals surface area (Å²) in [6.07, 6.45) is 2.43. The molecule has 128 valence electrons. The fourth-order valence-electron chi connectivity index (χ4n) is 3.33. The third-order valence-electron chi connectivity index (χ3n) is 4.78. The second kappa shape index (κ2) is 7.14. The number of aromatic nitrogens is 1. The Morgan fingerprint density at radius 2 is 1.84 bits per heavy atom. The second-order valence-electron chi connectivity index (χ2n) is 6.48. The molecule has 2 aromatic carbocycles. The number of piperidine rings is 1. The summed E-state index contributed by atoms with van der Waals surface area (Å²) in [5.74, 6) is 0.669. The first-order valence-corrected chi connectivity index (χ1v) is 9.76. The number of hydrogen-bond acceptors (Lipinski definition) is 3. The predicted octanol–water partition coefficient (Wildman–Crippen LogP) is 4.90. The minimum absolute atomic E-state index is 0.199. The number of nitrogens with zero attached hydrogens (tertiary/aromatic N) is 2. The van der Waals surface area contributed by atoms with Gasteiger partial charge in [-0.2, -0.15) is 0 Å². The molecule has 1 saturated heterocycles. The Labute approximate surface area is 156 Å². The van der Waals surface area contributed by atoms with Gasteiger partial charge in [-0.15, -0.1) is 11.3 Å². The van der Waals surface area contributed by atoms with Gasteiger partial charge in [0.1, 0.15) is 0 Å². The summed E-state index contributed by atoms with van der Waals surface area (Å²) < 4.78 is 1.25. The van der Waals surface area contributed by atoms with E-state index in [1.807, 2.05) is 35.2 Å². The van der Waals surface area contributed by atoms with E-state index in [-0.39, 0.29) is 5.91 Å². The molecule has 0 saturated carbocycles. The fraction of sp³-hybridized carbons (Fsp3) is 0.300. The van der Waals surface area contributed by atoms with Crippen LogP contribution in [0.5, 0.6) is 0 Å². The predicted molar refractivity (Wildman–Crippen MR) is 103 cm³/mol. The second-order valence-corrected chi connectivity index (χ2v) is 7.98. The monoisotopic (exact) mass is 370 g/mol. The third-order valence-corrected chi connectivity index (χ3v) is 6.23. The largest absolute Gasteiger partial charge is 0.342 e. The van der Waals surface area contributed by atoms with E-state index in [0.29, 0.717) is 17.4 Å². The molecule has 5 heteroatoms. The van der Waals surface area contributed by atoms with Crippen molar-refractivity contribution in [3.63, 3.8) is 0 Å². The molecule has 1 aromatic heterocycles. The molecule has 1 aliphatic heterocycles. The molecule has 4 rings (SSSR count). The number of likely N-dealkylation sites (tertiary alicyclic amines) is 1. The average Bonchev–Trinajstić information content (AvgIpc) is 3.08. The first kappa shape index (κ1) is 16.6. The van der Waals surface area contributed by atoms with Crippen LogP contribution in [0.1, 0.15) is 29.3 Å². The Bertz CT molecular complexity index is 849. The van der Waals surface area contributed by atoms with Crippen LogP contribution in [0.3, 0.4) is 0 Å². The van der Waals surface area contributed by atoms with Crippen LogP contribution in [0.2, 0.25) is 5.02 Å². The van der Waals surface area contributed by atoms with Crippen molar-refractivity contribution in [1.29, 1.82) is 0 Å². The number of rotatable bonds is 3. The molecular weight excluding hydrogens is 352 g/mol. The Balaban J connectivity index is 1.37. The van der Waals surface area contributed by atoms with E-state index in [1.54, 1.807) is 11.3 Å². The van der Waals surface area contributed by atoms with E-state index >= 15 is 0 Å². The highest BCUT2D eigenvalue weighted by molar-refractivity contribution is 7.18. The topological polar surface area (TPSA) is 33.2 Å². The van der Waals surface area contributed by atoms with Crippen LogP contribution in [0, 0.1) is 0 Å². The molecule has 3 aromatic rings. The van der Waals surface area contributed by atoms with Gasteiger partial charge < -0.3 is 4.90 Å². The molecule has 0 unspecified atom stereocenters. The highest BCUT2D eigenvalue weighted by Gasteiger charge is 2.25. The first-order chi connectivity index (χ1) is 12.2. The standard InChI is InChI=1S/C20H19ClN2OS/c21-16-7-5-14(6-8-16)13-19(24)23-11-9-15(10-12-23)20-22-17-3-1-2-4-18(17)25-20/h1-8,15H,9-13H2. The molecule has 1 amide bonds. The van der Waals surface area contributed by atoms with Crippen LogP contribution in [0.15, 0.2) is 48.5 Å². The number of para-hydroxylation sites is 1. The maximum atomic E-state index is 12.5. The number of fused-ring (bicyclic) bond motifs is 1. The lowest BCUT2D eigenvalue weighted by atomic mass is 9.97. The number of amides is 1. The van der Waals surface area contributed by atoms with Gasteiger partial charge >= 0.3 is 0 Å². The molecule has 25 heavy (non-hydrogen) atoms. The van der Waals surface area contributed by atoms with Gasteiger partial charge in [0.15, 0.2) is 0 Å². The zero-order valence-corrected chi connectivity index (χ0v) is 15.4. The molecule has 3 nitrogen and oxygen atoms in total. The maximum absolute atomic E-state index is 12.5. The van der Waals surface area contributed by atoms with Crippen molar-refractivity contribution in [2.75, 3.05) is 13.1 Å². The summed E-state index contributed by atoms with van der Waals surface area (Å²) in [7, 11) is 0. The highest BCUT2D eigenvalue weighted by Crippen LogP contribution is 2.33. The van der Waals surface area contributed by atoms with Crippen molar-refractivity contribution in [3.05, 3.63) is 64.1 Å². The van der Waals surface area contributed by atoms with E-state index in [4.69, 9.17) is 16.6 Å². The zero-order chi connectivity index (χ0) is 17.2. The first-order valence-electron chi connectivity index (χ1n) is 8.57. The van der Waals surface area contributed by atoms with Crippen LogP contribution in [-0.2, 0) is 11.2 Å². The summed E-state index contributed by atoms with van der Waals surface area (Å²) in [4.78, 5) is 19.3. The van der Waals surface area contributed by atoms with E-state index in [9.17, 15) is 4.79 Å². The Kier molecular flexibility index (Phi) is 4.73. The van der Waals surface area contributed by atoms with Gasteiger partial charge in [-0.25, -0.2) is 4.98 Å². The zero-order valence-electron chi connectivity index (χ0n) is 13.8. The highest BCUT2D eigenvalue weighted by atomic mass is 35.5. The lowest BCUT2D eigenvalue weighted by Gasteiger charge is -2.31. The molecule has 1 aliphatic rings. The van der Waals surface area contributed by atoms with Gasteiger partial charge in [-0.05, 0) is 42.7 Å². The van der Waals surface area contributed by atoms with E-state index in [1.165, 1.54) is 9.71 Å². The maximum Gasteiger partial charge on any atom is 0.226 e. The van der Waals surface area contributed by atoms with Crippen LogP contribution >= 0.6 is 22.9 Å². The Morgan fingerprint density at radius 1 is 1.12 bits per heavy atom. The molecule has 1 fully saturated rings. The van der Waals surface area contributed by atoms with Gasteiger partial charge in [-0.3, -0.25) is 4.79 Å². The summed E-state index contributed by atoms with van der Waals surface area (Å²) in [5, 5.41) is 1.92. The number of halogens is 1. The van der Waals surface area contributed by atoms with E-state index in [0.717, 1.165) is 37.0 Å². The minimum atomic E-state index is 0.199. The summed E-state index contributed by atoms with van der Waals surface area (Å²) >= 11 is 7.69. The van der Waals surface area contributed by atoms with Crippen LogP contribution in [0.25, 0.3) is 10.2 Å². The van der Waals surface area contributed by atoms with Crippen molar-refractivity contribution in [2.24, 2.45) is 0 Å². The van der Waals surface area contributed by atoms with Crippen LogP contribution in [0.4, 0.5) is 0 Å².